The molecule has 2 rings (SSSR count). The van der Waals surface area contributed by atoms with Gasteiger partial charge in [-0.15, -0.1) is 0 Å². The highest BCUT2D eigenvalue weighted by molar-refractivity contribution is 4.86. The summed E-state index contributed by atoms with van der Waals surface area (Å²) in [4.78, 5) is 3.89. The molecule has 1 heterocycles. The van der Waals surface area contributed by atoms with Gasteiger partial charge in [-0.05, 0) is 25.7 Å². The summed E-state index contributed by atoms with van der Waals surface area (Å²) in [7, 11) is 0. The Bertz CT molecular complexity index is 199. The van der Waals surface area contributed by atoms with Crippen LogP contribution in [0.3, 0.4) is 0 Å². The van der Waals surface area contributed by atoms with E-state index in [0.29, 0.717) is 6.04 Å². The van der Waals surface area contributed by atoms with E-state index >= 15 is 0 Å². The van der Waals surface area contributed by atoms with Gasteiger partial charge in [-0.25, -0.2) is 4.98 Å². The lowest BCUT2D eigenvalue weighted by molar-refractivity contribution is 0.485. The summed E-state index contributed by atoms with van der Waals surface area (Å²) in [5, 5.41) is 0. The van der Waals surface area contributed by atoms with Crippen molar-refractivity contribution in [2.45, 2.75) is 25.8 Å². The number of hydrogen-bond acceptors (Lipinski definition) is 1. The van der Waals surface area contributed by atoms with Gasteiger partial charge in [-0.2, -0.15) is 0 Å². The Morgan fingerprint density at radius 3 is 3.00 bits per heavy atom. The minimum atomic E-state index is 0.638. The lowest BCUT2D eigenvalue weighted by Crippen LogP contribution is -2.03. The zero-order valence-electron chi connectivity index (χ0n) is 6.12. The van der Waals surface area contributed by atoms with E-state index < -0.39 is 0 Å². The Kier molecular flexibility index (Phi) is 1.26. The lowest BCUT2D eigenvalue weighted by Gasteiger charge is -2.09. The van der Waals surface area contributed by atoms with Crippen molar-refractivity contribution in [2.24, 2.45) is 5.92 Å². The van der Waals surface area contributed by atoms with Crippen LogP contribution < -0.4 is 0 Å². The first-order valence-corrected chi connectivity index (χ1v) is 3.77. The number of nitrogens with zero attached hydrogens (tertiary/aromatic N) is 2. The van der Waals surface area contributed by atoms with Crippen LogP contribution in [0.4, 0.5) is 0 Å². The van der Waals surface area contributed by atoms with E-state index in [1.54, 1.807) is 0 Å². The van der Waals surface area contributed by atoms with E-state index in [2.05, 4.69) is 22.7 Å². The van der Waals surface area contributed by atoms with Gasteiger partial charge in [-0.1, -0.05) is 0 Å². The van der Waals surface area contributed by atoms with Gasteiger partial charge >= 0.3 is 0 Å². The summed E-state index contributed by atoms with van der Waals surface area (Å²) in [6.07, 6.45) is 9.35. The molecule has 0 aliphatic heterocycles. The minimum Gasteiger partial charge on any atom is -0.334 e. The van der Waals surface area contributed by atoms with Crippen LogP contribution in [0, 0.1) is 12.1 Å². The van der Waals surface area contributed by atoms with E-state index in [1.807, 2.05) is 12.5 Å². The molecule has 1 atom stereocenters. The minimum absolute atomic E-state index is 0.638. The molecular formula is C8H11N2. The van der Waals surface area contributed by atoms with Crippen molar-refractivity contribution in [3.63, 3.8) is 0 Å². The Hall–Kier alpha value is -0.790. The van der Waals surface area contributed by atoms with Crippen LogP contribution in [-0.4, -0.2) is 9.55 Å². The molecule has 2 heteroatoms. The van der Waals surface area contributed by atoms with Gasteiger partial charge in [0, 0.05) is 12.2 Å². The number of rotatable bonds is 2. The maximum Gasteiger partial charge on any atom is 0.108 e. The molecule has 0 bridgehead atoms. The summed E-state index contributed by atoms with van der Waals surface area (Å²) in [5.41, 5.74) is 0. The van der Waals surface area contributed by atoms with E-state index in [4.69, 9.17) is 0 Å². The molecule has 1 aromatic rings. The molecule has 1 aromatic heterocycles. The Labute approximate surface area is 60.9 Å². The van der Waals surface area contributed by atoms with Gasteiger partial charge in [0.1, 0.15) is 6.20 Å². The molecular weight excluding hydrogens is 124 g/mol. The summed E-state index contributed by atoms with van der Waals surface area (Å²) in [6.45, 7) is 2.24. The molecule has 0 N–H and O–H groups in total. The number of aromatic nitrogens is 2. The zero-order valence-corrected chi connectivity index (χ0v) is 6.12. The quantitative estimate of drug-likeness (QED) is 0.603. The third-order valence-electron chi connectivity index (χ3n) is 2.25. The third kappa shape index (κ3) is 0.939. The summed E-state index contributed by atoms with van der Waals surface area (Å²) in [6, 6.07) is 0.638. The first-order valence-electron chi connectivity index (χ1n) is 3.77. The SMILES string of the molecule is C[C@@H](C1CC1)n1c[c]nc1. The zero-order chi connectivity index (χ0) is 6.97. The molecule has 10 heavy (non-hydrogen) atoms. The van der Waals surface area contributed by atoms with Crippen molar-refractivity contribution in [1.29, 1.82) is 0 Å². The molecule has 0 amide bonds. The van der Waals surface area contributed by atoms with Gasteiger partial charge in [0.25, 0.3) is 0 Å². The molecule has 1 aliphatic carbocycles. The summed E-state index contributed by atoms with van der Waals surface area (Å²) < 4.78 is 2.14. The van der Waals surface area contributed by atoms with Crippen LogP contribution in [0.1, 0.15) is 25.8 Å². The van der Waals surface area contributed by atoms with Crippen LogP contribution in [-0.2, 0) is 0 Å². The van der Waals surface area contributed by atoms with Crippen molar-refractivity contribution in [3.8, 4) is 0 Å². The average Bonchev–Trinajstić information content (AvgIpc) is 2.65. The fraction of sp³-hybridized carbons (Fsp3) is 0.625. The van der Waals surface area contributed by atoms with E-state index in [0.717, 1.165) is 5.92 Å². The maximum absolute atomic E-state index is 3.89. The van der Waals surface area contributed by atoms with Gasteiger partial charge < -0.3 is 4.57 Å². The largest absolute Gasteiger partial charge is 0.334 e. The highest BCUT2D eigenvalue weighted by Gasteiger charge is 2.28. The van der Waals surface area contributed by atoms with Crippen molar-refractivity contribution < 1.29 is 0 Å². The van der Waals surface area contributed by atoms with E-state index in [9.17, 15) is 0 Å². The second-order valence-electron chi connectivity index (χ2n) is 3.03. The average molecular weight is 135 g/mol. The predicted molar refractivity (Wildman–Crippen MR) is 38.5 cm³/mol. The summed E-state index contributed by atoms with van der Waals surface area (Å²) >= 11 is 0. The van der Waals surface area contributed by atoms with Crippen LogP contribution in [0.15, 0.2) is 12.5 Å². The van der Waals surface area contributed by atoms with Crippen molar-refractivity contribution >= 4 is 0 Å². The van der Waals surface area contributed by atoms with Crippen LogP contribution >= 0.6 is 0 Å². The van der Waals surface area contributed by atoms with E-state index in [-0.39, 0.29) is 0 Å². The predicted octanol–water partition coefficient (Wildman–Crippen LogP) is 1.65. The first-order chi connectivity index (χ1) is 4.88. The second kappa shape index (κ2) is 2.11. The van der Waals surface area contributed by atoms with Gasteiger partial charge in [0.05, 0.1) is 6.33 Å². The van der Waals surface area contributed by atoms with Crippen LogP contribution in [0.5, 0.6) is 0 Å². The molecule has 1 saturated carbocycles. The molecule has 0 spiro atoms. The lowest BCUT2D eigenvalue weighted by atomic mass is 10.2. The molecule has 1 aliphatic rings. The number of imidazole rings is 1. The molecule has 0 saturated heterocycles. The summed E-state index contributed by atoms with van der Waals surface area (Å²) in [5.74, 6) is 0.905. The standard InChI is InChI=1S/C8H11N2/c1-7(8-2-3-8)10-5-4-9-6-10/h5-8H,2-3H2,1H3/t7-/m0/s1. The molecule has 1 radical (unpaired) electrons. The molecule has 53 valence electrons. The maximum atomic E-state index is 3.89. The van der Waals surface area contributed by atoms with Gasteiger partial charge in [0.15, 0.2) is 0 Å². The monoisotopic (exact) mass is 135 g/mol. The first kappa shape index (κ1) is 5.96. The molecule has 0 aromatic carbocycles. The van der Waals surface area contributed by atoms with Crippen molar-refractivity contribution in [2.75, 3.05) is 0 Å². The molecule has 2 nitrogen and oxygen atoms in total. The van der Waals surface area contributed by atoms with Gasteiger partial charge in [0.2, 0.25) is 0 Å². The van der Waals surface area contributed by atoms with Crippen LogP contribution in [0.2, 0.25) is 0 Å². The topological polar surface area (TPSA) is 17.8 Å². The Morgan fingerprint density at radius 2 is 2.50 bits per heavy atom. The van der Waals surface area contributed by atoms with Crippen molar-refractivity contribution in [3.05, 3.63) is 18.7 Å². The smallest absolute Gasteiger partial charge is 0.108 e. The fourth-order valence-electron chi connectivity index (χ4n) is 1.28. The van der Waals surface area contributed by atoms with Crippen LogP contribution in [0.25, 0.3) is 0 Å². The highest BCUT2D eigenvalue weighted by atomic mass is 15.1. The van der Waals surface area contributed by atoms with Crippen molar-refractivity contribution in [1.82, 2.24) is 9.55 Å². The highest BCUT2D eigenvalue weighted by Crippen LogP contribution is 2.38. The van der Waals surface area contributed by atoms with Gasteiger partial charge in [-0.3, -0.25) is 0 Å². The molecule has 0 unspecified atom stereocenters. The normalized spacial score (nSPS) is 20.9. The second-order valence-corrected chi connectivity index (χ2v) is 3.03. The molecule has 1 fully saturated rings. The third-order valence-corrected chi connectivity index (χ3v) is 2.25. The fourth-order valence-corrected chi connectivity index (χ4v) is 1.28. The Balaban J connectivity index is 2.11. The Morgan fingerprint density at radius 1 is 1.70 bits per heavy atom. The number of hydrogen-bond donors (Lipinski definition) is 0. The van der Waals surface area contributed by atoms with E-state index in [1.165, 1.54) is 12.8 Å².